The Morgan fingerprint density at radius 3 is 2.64 bits per heavy atom. The largest absolute Gasteiger partial charge is 0.495 e. The van der Waals surface area contributed by atoms with Crippen molar-refractivity contribution in [3.63, 3.8) is 0 Å². The van der Waals surface area contributed by atoms with Crippen LogP contribution in [-0.4, -0.2) is 13.7 Å². The predicted molar refractivity (Wildman–Crippen MR) is 61.1 cm³/mol. The summed E-state index contributed by atoms with van der Waals surface area (Å²) in [5.74, 6) is 1.56. The van der Waals surface area contributed by atoms with E-state index in [4.69, 9.17) is 4.74 Å². The van der Waals surface area contributed by atoms with E-state index in [1.165, 1.54) is 5.56 Å². The molecule has 0 aromatic heterocycles. The number of anilines is 1. The van der Waals surface area contributed by atoms with Gasteiger partial charge in [-0.3, -0.25) is 0 Å². The summed E-state index contributed by atoms with van der Waals surface area (Å²) in [7, 11) is 1.70. The van der Waals surface area contributed by atoms with Crippen LogP contribution in [0.5, 0.6) is 5.75 Å². The van der Waals surface area contributed by atoms with Gasteiger partial charge in [0.25, 0.3) is 0 Å². The zero-order valence-electron chi connectivity index (χ0n) is 9.42. The third-order valence-corrected chi connectivity index (χ3v) is 2.06. The topological polar surface area (TPSA) is 21.3 Å². The van der Waals surface area contributed by atoms with E-state index in [2.05, 4.69) is 38.2 Å². The monoisotopic (exact) mass is 193 g/mol. The molecule has 0 saturated heterocycles. The van der Waals surface area contributed by atoms with Gasteiger partial charge in [0.05, 0.1) is 12.8 Å². The number of rotatable bonds is 4. The van der Waals surface area contributed by atoms with E-state index in [1.54, 1.807) is 7.11 Å². The van der Waals surface area contributed by atoms with Gasteiger partial charge in [-0.05, 0) is 30.5 Å². The van der Waals surface area contributed by atoms with Gasteiger partial charge >= 0.3 is 0 Å². The highest BCUT2D eigenvalue weighted by Crippen LogP contribution is 2.25. The molecule has 1 aromatic rings. The van der Waals surface area contributed by atoms with Crippen LogP contribution in [0, 0.1) is 12.8 Å². The van der Waals surface area contributed by atoms with E-state index in [-0.39, 0.29) is 0 Å². The van der Waals surface area contributed by atoms with Gasteiger partial charge in [-0.1, -0.05) is 19.9 Å². The van der Waals surface area contributed by atoms with Gasteiger partial charge < -0.3 is 10.1 Å². The summed E-state index contributed by atoms with van der Waals surface area (Å²) in [6, 6.07) is 6.20. The first-order valence-corrected chi connectivity index (χ1v) is 5.02. The SMILES string of the molecule is COc1cc(C)ccc1NCC(C)C. The fourth-order valence-electron chi connectivity index (χ4n) is 1.26. The molecule has 0 aliphatic heterocycles. The number of hydrogen-bond donors (Lipinski definition) is 1. The normalized spacial score (nSPS) is 10.4. The number of nitrogens with one attached hydrogen (secondary N) is 1. The van der Waals surface area contributed by atoms with Crippen LogP contribution in [0.3, 0.4) is 0 Å². The van der Waals surface area contributed by atoms with Crippen molar-refractivity contribution in [2.45, 2.75) is 20.8 Å². The van der Waals surface area contributed by atoms with E-state index < -0.39 is 0 Å². The van der Waals surface area contributed by atoms with Crippen molar-refractivity contribution in [3.05, 3.63) is 23.8 Å². The van der Waals surface area contributed by atoms with Gasteiger partial charge in [0, 0.05) is 6.54 Å². The van der Waals surface area contributed by atoms with E-state index in [1.807, 2.05) is 6.07 Å². The minimum atomic E-state index is 0.640. The van der Waals surface area contributed by atoms with E-state index >= 15 is 0 Å². The van der Waals surface area contributed by atoms with Gasteiger partial charge in [-0.2, -0.15) is 0 Å². The second-order valence-electron chi connectivity index (χ2n) is 3.98. The third kappa shape index (κ3) is 2.95. The van der Waals surface area contributed by atoms with Crippen LogP contribution < -0.4 is 10.1 Å². The Hall–Kier alpha value is -1.18. The second-order valence-corrected chi connectivity index (χ2v) is 3.98. The maximum Gasteiger partial charge on any atom is 0.142 e. The molecule has 78 valence electrons. The van der Waals surface area contributed by atoms with E-state index in [0.29, 0.717) is 5.92 Å². The Morgan fingerprint density at radius 1 is 1.36 bits per heavy atom. The molecular formula is C12H19NO. The molecule has 0 bridgehead atoms. The molecule has 2 nitrogen and oxygen atoms in total. The third-order valence-electron chi connectivity index (χ3n) is 2.06. The molecule has 0 fully saturated rings. The van der Waals surface area contributed by atoms with Gasteiger partial charge in [-0.15, -0.1) is 0 Å². The molecule has 2 heteroatoms. The summed E-state index contributed by atoms with van der Waals surface area (Å²) < 4.78 is 5.30. The molecule has 0 atom stereocenters. The molecular weight excluding hydrogens is 174 g/mol. The Kier molecular flexibility index (Phi) is 3.81. The first-order chi connectivity index (χ1) is 6.63. The van der Waals surface area contributed by atoms with Gasteiger partial charge in [0.2, 0.25) is 0 Å². The molecule has 0 spiro atoms. The number of aryl methyl sites for hydroxylation is 1. The second kappa shape index (κ2) is 4.89. The van der Waals surface area contributed by atoms with Crippen LogP contribution in [-0.2, 0) is 0 Å². The van der Waals surface area contributed by atoms with E-state index in [9.17, 15) is 0 Å². The first kappa shape index (κ1) is 10.9. The molecule has 0 heterocycles. The quantitative estimate of drug-likeness (QED) is 0.793. The van der Waals surface area contributed by atoms with Crippen molar-refractivity contribution < 1.29 is 4.74 Å². The lowest BCUT2D eigenvalue weighted by atomic mass is 10.2. The minimum Gasteiger partial charge on any atom is -0.495 e. The molecule has 0 radical (unpaired) electrons. The highest BCUT2D eigenvalue weighted by atomic mass is 16.5. The predicted octanol–water partition coefficient (Wildman–Crippen LogP) is 3.07. The van der Waals surface area contributed by atoms with Gasteiger partial charge in [0.15, 0.2) is 0 Å². The maximum atomic E-state index is 5.30. The summed E-state index contributed by atoms with van der Waals surface area (Å²) in [5.41, 5.74) is 2.30. The van der Waals surface area contributed by atoms with Crippen LogP contribution in [0.2, 0.25) is 0 Å². The molecule has 0 unspecified atom stereocenters. The minimum absolute atomic E-state index is 0.640. The lowest BCUT2D eigenvalue weighted by molar-refractivity contribution is 0.416. The van der Waals surface area contributed by atoms with Crippen molar-refractivity contribution in [1.29, 1.82) is 0 Å². The molecule has 0 saturated carbocycles. The van der Waals surface area contributed by atoms with Crippen LogP contribution in [0.4, 0.5) is 5.69 Å². The van der Waals surface area contributed by atoms with Crippen molar-refractivity contribution in [2.24, 2.45) is 5.92 Å². The molecule has 1 N–H and O–H groups in total. The number of benzene rings is 1. The van der Waals surface area contributed by atoms with Gasteiger partial charge in [0.1, 0.15) is 5.75 Å². The lowest BCUT2D eigenvalue weighted by Crippen LogP contribution is -2.08. The molecule has 1 rings (SSSR count). The number of hydrogen-bond acceptors (Lipinski definition) is 2. The standard InChI is InChI=1S/C12H19NO/c1-9(2)8-13-11-6-5-10(3)7-12(11)14-4/h5-7,9,13H,8H2,1-4H3. The highest BCUT2D eigenvalue weighted by Gasteiger charge is 2.02. The van der Waals surface area contributed by atoms with Crippen molar-refractivity contribution >= 4 is 5.69 Å². The Balaban J connectivity index is 2.75. The fraction of sp³-hybridized carbons (Fsp3) is 0.500. The van der Waals surface area contributed by atoms with Crippen LogP contribution in [0.1, 0.15) is 19.4 Å². The van der Waals surface area contributed by atoms with Crippen LogP contribution >= 0.6 is 0 Å². The van der Waals surface area contributed by atoms with Crippen molar-refractivity contribution in [3.8, 4) is 5.75 Å². The summed E-state index contributed by atoms with van der Waals surface area (Å²) >= 11 is 0. The zero-order valence-corrected chi connectivity index (χ0v) is 9.42. The molecule has 0 amide bonds. The Labute approximate surface area is 86.3 Å². The smallest absolute Gasteiger partial charge is 0.142 e. The van der Waals surface area contributed by atoms with E-state index in [0.717, 1.165) is 18.0 Å². The molecule has 0 aliphatic carbocycles. The number of ether oxygens (including phenoxy) is 1. The van der Waals surface area contributed by atoms with Crippen LogP contribution in [0.25, 0.3) is 0 Å². The molecule has 1 aromatic carbocycles. The number of methoxy groups -OCH3 is 1. The summed E-state index contributed by atoms with van der Waals surface area (Å²) in [4.78, 5) is 0. The zero-order chi connectivity index (χ0) is 10.6. The Bertz CT molecular complexity index is 294. The molecule has 14 heavy (non-hydrogen) atoms. The highest BCUT2D eigenvalue weighted by molar-refractivity contribution is 5.57. The average Bonchev–Trinajstić information content (AvgIpc) is 2.15. The van der Waals surface area contributed by atoms with Crippen molar-refractivity contribution in [1.82, 2.24) is 0 Å². The molecule has 0 aliphatic rings. The first-order valence-electron chi connectivity index (χ1n) is 5.02. The van der Waals surface area contributed by atoms with Gasteiger partial charge in [-0.25, -0.2) is 0 Å². The summed E-state index contributed by atoms with van der Waals surface area (Å²) in [5, 5.41) is 3.37. The average molecular weight is 193 g/mol. The fourth-order valence-corrected chi connectivity index (χ4v) is 1.26. The summed E-state index contributed by atoms with van der Waals surface area (Å²) in [6.45, 7) is 7.41. The lowest BCUT2D eigenvalue weighted by Gasteiger charge is -2.13. The van der Waals surface area contributed by atoms with Crippen molar-refractivity contribution in [2.75, 3.05) is 19.0 Å². The Morgan fingerprint density at radius 2 is 2.07 bits per heavy atom. The summed E-state index contributed by atoms with van der Waals surface area (Å²) in [6.07, 6.45) is 0. The van der Waals surface area contributed by atoms with Crippen LogP contribution in [0.15, 0.2) is 18.2 Å². The maximum absolute atomic E-state index is 5.30.